The summed E-state index contributed by atoms with van der Waals surface area (Å²) in [6, 6.07) is -0.895. The molecule has 0 rings (SSSR count). The van der Waals surface area contributed by atoms with Crippen molar-refractivity contribution in [2.75, 3.05) is 6.54 Å². The highest BCUT2D eigenvalue weighted by atomic mass is 16.5. The van der Waals surface area contributed by atoms with Crippen LogP contribution in [0.15, 0.2) is 72.9 Å². The Morgan fingerprint density at radius 3 is 1.68 bits per heavy atom. The molecule has 53 heavy (non-hydrogen) atoms. The number of nitrogens with two attached hydrogens (primary N) is 1. The van der Waals surface area contributed by atoms with Crippen LogP contribution in [-0.4, -0.2) is 41.6 Å². The zero-order valence-corrected chi connectivity index (χ0v) is 33.8. The van der Waals surface area contributed by atoms with Gasteiger partial charge >= 0.3 is 11.9 Å². The van der Waals surface area contributed by atoms with E-state index in [1.54, 1.807) is 0 Å². The predicted octanol–water partition coefficient (Wildman–Crippen LogP) is 11.9. The van der Waals surface area contributed by atoms with E-state index in [0.717, 1.165) is 70.6 Å². The fraction of sp³-hybridized carbons (Fsp3) is 0.674. The smallest absolute Gasteiger partial charge is 0.326 e. The van der Waals surface area contributed by atoms with Gasteiger partial charge in [-0.25, -0.2) is 4.79 Å². The van der Waals surface area contributed by atoms with E-state index >= 15 is 0 Å². The van der Waals surface area contributed by atoms with E-state index in [0.29, 0.717) is 38.6 Å². The molecule has 2 unspecified atom stereocenters. The highest BCUT2D eigenvalue weighted by Gasteiger charge is 2.19. The third kappa shape index (κ3) is 36.9. The van der Waals surface area contributed by atoms with E-state index in [9.17, 15) is 19.5 Å². The summed E-state index contributed by atoms with van der Waals surface area (Å²) in [5.74, 6) is -1.43. The summed E-state index contributed by atoms with van der Waals surface area (Å²) in [7, 11) is 0. The molecule has 2 atom stereocenters. The second-order valence-corrected chi connectivity index (χ2v) is 14.0. The highest BCUT2D eigenvalue weighted by molar-refractivity contribution is 5.83. The first-order valence-electron chi connectivity index (χ1n) is 21.3. The average molecular weight is 739 g/mol. The number of carbonyl (C=O) groups excluding carboxylic acids is 2. The lowest BCUT2D eigenvalue weighted by Crippen LogP contribution is -2.40. The Labute approximate surface area is 324 Å². The van der Waals surface area contributed by atoms with Gasteiger partial charge in [0.1, 0.15) is 12.1 Å². The van der Waals surface area contributed by atoms with Crippen molar-refractivity contribution in [1.29, 1.82) is 0 Å². The molecule has 0 aliphatic heterocycles. The van der Waals surface area contributed by atoms with Crippen LogP contribution in [0, 0.1) is 0 Å². The number of hydrogen-bond acceptors (Lipinski definition) is 5. The summed E-state index contributed by atoms with van der Waals surface area (Å²) in [4.78, 5) is 36.4. The van der Waals surface area contributed by atoms with E-state index < -0.39 is 12.0 Å². The molecule has 0 aromatic heterocycles. The van der Waals surface area contributed by atoms with Crippen LogP contribution in [0.4, 0.5) is 0 Å². The number of aliphatic carboxylic acids is 1. The fourth-order valence-electron chi connectivity index (χ4n) is 5.80. The Balaban J connectivity index is 4.44. The molecular weight excluding hydrogens is 661 g/mol. The lowest BCUT2D eigenvalue weighted by molar-refractivity contribution is -0.147. The molecule has 0 aromatic rings. The maximum atomic E-state index is 12.7. The molecule has 0 bridgehead atoms. The molecule has 4 N–H and O–H groups in total. The Kier molecular flexibility index (Phi) is 37.6. The Hall–Kier alpha value is -3.19. The second kappa shape index (κ2) is 40.0. The number of ether oxygens (including phenoxy) is 1. The molecule has 7 nitrogen and oxygen atoms in total. The van der Waals surface area contributed by atoms with Crippen LogP contribution in [0.3, 0.4) is 0 Å². The maximum absolute atomic E-state index is 12.7. The molecule has 7 heteroatoms. The van der Waals surface area contributed by atoms with Crippen molar-refractivity contribution < 1.29 is 24.2 Å². The largest absolute Gasteiger partial charge is 0.480 e. The van der Waals surface area contributed by atoms with Crippen molar-refractivity contribution in [1.82, 2.24) is 5.32 Å². The van der Waals surface area contributed by atoms with Crippen molar-refractivity contribution >= 4 is 17.8 Å². The monoisotopic (exact) mass is 739 g/mol. The summed E-state index contributed by atoms with van der Waals surface area (Å²) < 4.78 is 5.89. The molecule has 0 heterocycles. The van der Waals surface area contributed by atoms with E-state index in [4.69, 9.17) is 10.5 Å². The first-order chi connectivity index (χ1) is 25.9. The van der Waals surface area contributed by atoms with Crippen molar-refractivity contribution in [2.45, 2.75) is 193 Å². The number of hydrogen-bond donors (Lipinski definition) is 3. The number of carboxylic acids is 1. The lowest BCUT2D eigenvalue weighted by Gasteiger charge is -2.15. The van der Waals surface area contributed by atoms with Gasteiger partial charge in [0.25, 0.3) is 0 Å². The van der Waals surface area contributed by atoms with Crippen LogP contribution in [0.25, 0.3) is 0 Å². The standard InChI is InChI=1S/C46H78N2O5/c1-3-5-7-9-11-13-15-16-17-18-19-20-21-23-25-27-29-34-40-45(50)53-42(36-31-28-26-24-22-14-12-10-8-6-4-2)37-32-30-33-39-44(49)48-43(46(51)52)38-35-41-47/h6,8,12-15,17-18,24,26,31,36,42-43H,3-5,7,9-11,16,19-23,25,27-30,32-35,37-41,47H2,1-2H3,(H,48,49)(H,51,52)/b8-6-,14-12-,15-13-,18-17-,26-24-,36-31-. The first-order valence-corrected chi connectivity index (χ1v) is 21.3. The van der Waals surface area contributed by atoms with Gasteiger partial charge in [-0.05, 0) is 109 Å². The maximum Gasteiger partial charge on any atom is 0.326 e. The van der Waals surface area contributed by atoms with Crippen LogP contribution in [0.1, 0.15) is 181 Å². The van der Waals surface area contributed by atoms with Crippen LogP contribution in [0.5, 0.6) is 0 Å². The topological polar surface area (TPSA) is 119 Å². The summed E-state index contributed by atoms with van der Waals surface area (Å²) in [5, 5.41) is 11.9. The van der Waals surface area contributed by atoms with Crippen LogP contribution in [0.2, 0.25) is 0 Å². The van der Waals surface area contributed by atoms with Gasteiger partial charge in [0.05, 0.1) is 0 Å². The third-order valence-electron chi connectivity index (χ3n) is 8.99. The van der Waals surface area contributed by atoms with Gasteiger partial charge in [-0.1, -0.05) is 138 Å². The Bertz CT molecular complexity index is 1060. The van der Waals surface area contributed by atoms with Gasteiger partial charge < -0.3 is 20.9 Å². The number of carbonyl (C=O) groups is 3. The third-order valence-corrected chi connectivity index (χ3v) is 8.99. The second-order valence-electron chi connectivity index (χ2n) is 14.0. The van der Waals surface area contributed by atoms with E-state index in [2.05, 4.69) is 86.0 Å². The van der Waals surface area contributed by atoms with E-state index in [1.165, 1.54) is 57.8 Å². The minimum Gasteiger partial charge on any atom is -0.480 e. The van der Waals surface area contributed by atoms with E-state index in [1.807, 2.05) is 6.08 Å². The van der Waals surface area contributed by atoms with Crippen molar-refractivity contribution in [3.05, 3.63) is 72.9 Å². The zero-order chi connectivity index (χ0) is 38.9. The molecule has 0 aromatic carbocycles. The van der Waals surface area contributed by atoms with Gasteiger partial charge in [0, 0.05) is 12.8 Å². The molecule has 0 aliphatic rings. The number of allylic oxidation sites excluding steroid dienone is 11. The SMILES string of the molecule is CC/C=C\C/C=C\C/C=C\C/C=C\C(CCCCCC(=O)NC(CCCN)C(=O)O)OC(=O)CCCCCCCCC/C=C\C/C=C\CCCCCC. The summed E-state index contributed by atoms with van der Waals surface area (Å²) in [5.41, 5.74) is 5.49. The minimum atomic E-state index is -1.03. The number of nitrogens with one attached hydrogen (secondary N) is 1. The quantitative estimate of drug-likeness (QED) is 0.0332. The van der Waals surface area contributed by atoms with Gasteiger partial charge in [0.15, 0.2) is 0 Å². The molecule has 0 saturated carbocycles. The molecular formula is C46H78N2O5. The van der Waals surface area contributed by atoms with Crippen LogP contribution < -0.4 is 11.1 Å². The summed E-state index contributed by atoms with van der Waals surface area (Å²) in [6.45, 7) is 4.78. The van der Waals surface area contributed by atoms with Crippen molar-refractivity contribution in [3.63, 3.8) is 0 Å². The average Bonchev–Trinajstić information content (AvgIpc) is 3.14. The normalized spacial score (nSPS) is 13.4. The van der Waals surface area contributed by atoms with Gasteiger partial charge in [0.2, 0.25) is 5.91 Å². The number of esters is 1. The lowest BCUT2D eigenvalue weighted by atomic mass is 10.1. The van der Waals surface area contributed by atoms with Gasteiger partial charge in [-0.2, -0.15) is 0 Å². The number of unbranched alkanes of at least 4 members (excludes halogenated alkanes) is 13. The molecule has 0 spiro atoms. The van der Waals surface area contributed by atoms with Gasteiger partial charge in [-0.15, -0.1) is 0 Å². The van der Waals surface area contributed by atoms with Crippen molar-refractivity contribution in [2.24, 2.45) is 5.73 Å². The summed E-state index contributed by atoms with van der Waals surface area (Å²) >= 11 is 0. The van der Waals surface area contributed by atoms with E-state index in [-0.39, 0.29) is 24.4 Å². The Morgan fingerprint density at radius 1 is 0.585 bits per heavy atom. The molecule has 1 amide bonds. The number of rotatable bonds is 37. The van der Waals surface area contributed by atoms with Crippen LogP contribution >= 0.6 is 0 Å². The van der Waals surface area contributed by atoms with Crippen LogP contribution in [-0.2, 0) is 19.1 Å². The molecule has 0 aliphatic carbocycles. The molecule has 0 fully saturated rings. The highest BCUT2D eigenvalue weighted by Crippen LogP contribution is 2.15. The summed E-state index contributed by atoms with van der Waals surface area (Å²) in [6.07, 6.45) is 51.0. The minimum absolute atomic E-state index is 0.146. The number of amides is 1. The molecule has 302 valence electrons. The van der Waals surface area contributed by atoms with Crippen molar-refractivity contribution in [3.8, 4) is 0 Å². The number of carboxylic acid groups (broad SMARTS) is 1. The Morgan fingerprint density at radius 2 is 1.09 bits per heavy atom. The molecule has 0 radical (unpaired) electrons. The first kappa shape index (κ1) is 49.8. The molecule has 0 saturated heterocycles. The zero-order valence-electron chi connectivity index (χ0n) is 33.8. The fourth-order valence-corrected chi connectivity index (χ4v) is 5.80. The predicted molar refractivity (Wildman–Crippen MR) is 225 cm³/mol. The van der Waals surface area contributed by atoms with Gasteiger partial charge in [-0.3, -0.25) is 9.59 Å².